The molecule has 0 N–H and O–H groups in total. The molecule has 3 heteroatoms. The summed E-state index contributed by atoms with van der Waals surface area (Å²) in [6.45, 7) is 0. The van der Waals surface area contributed by atoms with E-state index in [0.717, 1.165) is 22.3 Å². The molecule has 3 aromatic heterocycles. The molecule has 3 heterocycles. The Hall–Kier alpha value is -2.29. The summed E-state index contributed by atoms with van der Waals surface area (Å²) in [5.41, 5.74) is 3.76. The molecule has 3 rings (SSSR count). The Morgan fingerprint density at radius 1 is 0.812 bits per heavy atom. The first-order valence-corrected chi connectivity index (χ1v) is 5.06. The maximum atomic E-state index is 4.54. The van der Waals surface area contributed by atoms with Gasteiger partial charge in [0.1, 0.15) is 0 Å². The third-order valence-corrected chi connectivity index (χ3v) is 2.41. The lowest BCUT2D eigenvalue weighted by Gasteiger charge is -2.01. The molecule has 0 aliphatic heterocycles. The van der Waals surface area contributed by atoms with Gasteiger partial charge >= 0.3 is 0 Å². The maximum Gasteiger partial charge on any atom is 0.0894 e. The average Bonchev–Trinajstić information content (AvgIpc) is 2.39. The van der Waals surface area contributed by atoms with Gasteiger partial charge in [0.25, 0.3) is 0 Å². The van der Waals surface area contributed by atoms with Crippen LogP contribution in [0.3, 0.4) is 0 Å². The Kier molecular flexibility index (Phi) is 2.07. The number of aromatic nitrogens is 3. The van der Waals surface area contributed by atoms with Crippen molar-refractivity contribution in [3.63, 3.8) is 0 Å². The minimum Gasteiger partial charge on any atom is -0.264 e. The highest BCUT2D eigenvalue weighted by Gasteiger charge is 2.00. The second-order valence-electron chi connectivity index (χ2n) is 3.48. The zero-order chi connectivity index (χ0) is 10.8. The summed E-state index contributed by atoms with van der Waals surface area (Å²) in [5, 5.41) is 0. The zero-order valence-electron chi connectivity index (χ0n) is 8.54. The van der Waals surface area contributed by atoms with E-state index < -0.39 is 0 Å². The molecule has 0 aliphatic rings. The van der Waals surface area contributed by atoms with Gasteiger partial charge in [-0.25, -0.2) is 4.98 Å². The van der Waals surface area contributed by atoms with Gasteiger partial charge < -0.3 is 0 Å². The van der Waals surface area contributed by atoms with Gasteiger partial charge in [0.05, 0.1) is 16.7 Å². The molecule has 0 spiro atoms. The molecule has 0 unspecified atom stereocenters. The second-order valence-corrected chi connectivity index (χ2v) is 3.48. The molecule has 0 atom stereocenters. The van der Waals surface area contributed by atoms with E-state index in [0.29, 0.717) is 0 Å². The lowest BCUT2D eigenvalue weighted by molar-refractivity contribution is 1.29. The normalized spacial score (nSPS) is 10.5. The van der Waals surface area contributed by atoms with E-state index in [9.17, 15) is 0 Å². The van der Waals surface area contributed by atoms with E-state index in [1.807, 2.05) is 42.6 Å². The Morgan fingerprint density at radius 3 is 2.62 bits per heavy atom. The van der Waals surface area contributed by atoms with Crippen LogP contribution in [0.1, 0.15) is 0 Å². The minimum absolute atomic E-state index is 0.906. The van der Waals surface area contributed by atoms with Gasteiger partial charge in [0, 0.05) is 24.2 Å². The van der Waals surface area contributed by atoms with Crippen molar-refractivity contribution >= 4 is 11.0 Å². The fourth-order valence-corrected chi connectivity index (χ4v) is 1.63. The van der Waals surface area contributed by atoms with Crippen molar-refractivity contribution in [2.45, 2.75) is 0 Å². The Bertz CT molecular complexity index is 620. The molecule has 76 valence electrons. The summed E-state index contributed by atoms with van der Waals surface area (Å²) in [7, 11) is 0. The van der Waals surface area contributed by atoms with Gasteiger partial charge in [0.2, 0.25) is 0 Å². The lowest BCUT2D eigenvalue weighted by atomic mass is 10.2. The summed E-state index contributed by atoms with van der Waals surface area (Å²) in [5.74, 6) is 0. The first-order chi connectivity index (χ1) is 7.93. The van der Waals surface area contributed by atoms with E-state index in [1.165, 1.54) is 0 Å². The van der Waals surface area contributed by atoms with Crippen LogP contribution in [0.15, 0.2) is 55.0 Å². The molecule has 0 saturated heterocycles. The summed E-state index contributed by atoms with van der Waals surface area (Å²) in [6.07, 6.45) is 5.34. The Balaban J connectivity index is 2.19. The fourth-order valence-electron chi connectivity index (χ4n) is 1.63. The van der Waals surface area contributed by atoms with Crippen LogP contribution in [0.2, 0.25) is 0 Å². The summed E-state index contributed by atoms with van der Waals surface area (Å²) in [4.78, 5) is 12.9. The van der Waals surface area contributed by atoms with Gasteiger partial charge in [0.15, 0.2) is 0 Å². The van der Waals surface area contributed by atoms with Crippen molar-refractivity contribution in [1.29, 1.82) is 0 Å². The van der Waals surface area contributed by atoms with Gasteiger partial charge in [-0.1, -0.05) is 0 Å². The number of rotatable bonds is 1. The van der Waals surface area contributed by atoms with Crippen molar-refractivity contribution in [2.24, 2.45) is 0 Å². The largest absolute Gasteiger partial charge is 0.264 e. The monoisotopic (exact) mass is 207 g/mol. The van der Waals surface area contributed by atoms with E-state index in [1.54, 1.807) is 12.4 Å². The van der Waals surface area contributed by atoms with E-state index in [-0.39, 0.29) is 0 Å². The highest BCUT2D eigenvalue weighted by molar-refractivity contribution is 5.77. The molecule has 0 aliphatic carbocycles. The van der Waals surface area contributed by atoms with Crippen molar-refractivity contribution in [3.8, 4) is 11.3 Å². The summed E-state index contributed by atoms with van der Waals surface area (Å²) >= 11 is 0. The van der Waals surface area contributed by atoms with Crippen molar-refractivity contribution in [2.75, 3.05) is 0 Å². The van der Waals surface area contributed by atoms with Gasteiger partial charge in [-0.15, -0.1) is 0 Å². The molecule has 16 heavy (non-hydrogen) atoms. The molecular weight excluding hydrogens is 198 g/mol. The topological polar surface area (TPSA) is 38.7 Å². The van der Waals surface area contributed by atoms with Crippen molar-refractivity contribution in [1.82, 2.24) is 15.0 Å². The molecular formula is C13H9N3. The van der Waals surface area contributed by atoms with Crippen molar-refractivity contribution in [3.05, 3.63) is 55.0 Å². The molecule has 3 aromatic rings. The smallest absolute Gasteiger partial charge is 0.0894 e. The Morgan fingerprint density at radius 2 is 1.75 bits per heavy atom. The highest BCUT2D eigenvalue weighted by Crippen LogP contribution is 2.18. The van der Waals surface area contributed by atoms with E-state index in [4.69, 9.17) is 0 Å². The number of nitrogens with zero attached hydrogens (tertiary/aromatic N) is 3. The molecule has 0 aromatic carbocycles. The zero-order valence-corrected chi connectivity index (χ0v) is 8.54. The molecule has 0 radical (unpaired) electrons. The molecule has 0 bridgehead atoms. The summed E-state index contributed by atoms with van der Waals surface area (Å²) in [6, 6.07) is 11.7. The number of hydrogen-bond donors (Lipinski definition) is 0. The minimum atomic E-state index is 0.906. The van der Waals surface area contributed by atoms with E-state index in [2.05, 4.69) is 15.0 Å². The summed E-state index contributed by atoms with van der Waals surface area (Å²) < 4.78 is 0. The van der Waals surface area contributed by atoms with Crippen LogP contribution in [-0.2, 0) is 0 Å². The first-order valence-electron chi connectivity index (χ1n) is 5.06. The second kappa shape index (κ2) is 3.70. The van der Waals surface area contributed by atoms with Gasteiger partial charge in [-0.3, -0.25) is 9.97 Å². The SMILES string of the molecule is c1cncc(-c2ccc3ncccc3n2)c1. The van der Waals surface area contributed by atoms with Crippen molar-refractivity contribution < 1.29 is 0 Å². The van der Waals surface area contributed by atoms with Crippen LogP contribution in [0.4, 0.5) is 0 Å². The molecule has 0 saturated carbocycles. The van der Waals surface area contributed by atoms with Crippen LogP contribution < -0.4 is 0 Å². The first kappa shape index (κ1) is 8.97. The van der Waals surface area contributed by atoms with Crippen LogP contribution in [-0.4, -0.2) is 15.0 Å². The predicted octanol–water partition coefficient (Wildman–Crippen LogP) is 2.69. The van der Waals surface area contributed by atoms with Crippen LogP contribution >= 0.6 is 0 Å². The maximum absolute atomic E-state index is 4.54. The number of hydrogen-bond acceptors (Lipinski definition) is 3. The number of pyridine rings is 3. The fraction of sp³-hybridized carbons (Fsp3) is 0. The average molecular weight is 207 g/mol. The quantitative estimate of drug-likeness (QED) is 0.615. The molecule has 0 fully saturated rings. The van der Waals surface area contributed by atoms with Gasteiger partial charge in [-0.2, -0.15) is 0 Å². The van der Waals surface area contributed by atoms with Crippen LogP contribution in [0.25, 0.3) is 22.3 Å². The van der Waals surface area contributed by atoms with Gasteiger partial charge in [-0.05, 0) is 36.4 Å². The Labute approximate surface area is 92.8 Å². The van der Waals surface area contributed by atoms with E-state index >= 15 is 0 Å². The highest BCUT2D eigenvalue weighted by atomic mass is 14.8. The lowest BCUT2D eigenvalue weighted by Crippen LogP contribution is -1.86. The number of fused-ring (bicyclic) bond motifs is 1. The standard InChI is InChI=1S/C13H9N3/c1-3-10(9-14-7-1)11-5-6-12-13(16-11)4-2-8-15-12/h1-9H. The molecule has 0 amide bonds. The third-order valence-electron chi connectivity index (χ3n) is 2.41. The van der Waals surface area contributed by atoms with Crippen LogP contribution in [0.5, 0.6) is 0 Å². The predicted molar refractivity (Wildman–Crippen MR) is 62.8 cm³/mol. The molecule has 3 nitrogen and oxygen atoms in total. The third kappa shape index (κ3) is 1.52. The van der Waals surface area contributed by atoms with Crippen LogP contribution in [0, 0.1) is 0 Å².